The van der Waals surface area contributed by atoms with Crippen molar-refractivity contribution in [3.05, 3.63) is 174 Å². The first-order valence-electron chi connectivity index (χ1n) is 17.6. The minimum Gasteiger partial charge on any atom is -0.310 e. The summed E-state index contributed by atoms with van der Waals surface area (Å²) in [5.74, 6) is 0. The van der Waals surface area contributed by atoms with Crippen LogP contribution in [0.2, 0.25) is 0 Å². The molecule has 0 saturated carbocycles. The van der Waals surface area contributed by atoms with Crippen molar-refractivity contribution in [1.29, 1.82) is 0 Å². The van der Waals surface area contributed by atoms with Crippen LogP contribution in [0.25, 0.3) is 49.9 Å². The van der Waals surface area contributed by atoms with Crippen molar-refractivity contribution >= 4 is 39.0 Å². The van der Waals surface area contributed by atoms with Crippen molar-refractivity contribution in [3.63, 3.8) is 0 Å². The number of fused-ring (bicyclic) bond motifs is 9. The molecule has 240 valence electrons. The number of pyridine rings is 1. The molecule has 2 heterocycles. The van der Waals surface area contributed by atoms with Crippen LogP contribution in [0.5, 0.6) is 0 Å². The van der Waals surface area contributed by atoms with Gasteiger partial charge >= 0.3 is 0 Å². The fourth-order valence-electron chi connectivity index (χ4n) is 8.91. The molecule has 0 N–H and O–H groups in total. The van der Waals surface area contributed by atoms with Crippen molar-refractivity contribution < 1.29 is 0 Å². The predicted molar refractivity (Wildman–Crippen MR) is 208 cm³/mol. The Morgan fingerprint density at radius 2 is 1.04 bits per heavy atom. The van der Waals surface area contributed by atoms with Gasteiger partial charge in [-0.25, -0.2) is 0 Å². The topological polar surface area (TPSA) is 21.1 Å². The van der Waals surface area contributed by atoms with Gasteiger partial charge in [-0.15, -0.1) is 0 Å². The first kappa shape index (κ1) is 29.0. The van der Waals surface area contributed by atoms with E-state index in [0.29, 0.717) is 0 Å². The van der Waals surface area contributed by atoms with E-state index in [9.17, 15) is 0 Å². The Bertz CT molecular complexity index is 2640. The number of para-hydroxylation sites is 1. The molecule has 0 radical (unpaired) electrons. The van der Waals surface area contributed by atoms with Gasteiger partial charge in [0.05, 0.1) is 16.6 Å². The van der Waals surface area contributed by atoms with Crippen molar-refractivity contribution in [2.24, 2.45) is 0 Å². The molecule has 0 saturated heterocycles. The number of hydrogen-bond acceptors (Lipinski definition) is 2. The normalized spacial score (nSPS) is 14.7. The molecule has 6 aromatic carbocycles. The Kier molecular flexibility index (Phi) is 5.97. The minimum absolute atomic E-state index is 0.0680. The van der Waals surface area contributed by atoms with Gasteiger partial charge in [-0.2, -0.15) is 0 Å². The van der Waals surface area contributed by atoms with Gasteiger partial charge in [0.2, 0.25) is 0 Å². The van der Waals surface area contributed by atoms with Gasteiger partial charge in [0.1, 0.15) is 0 Å². The van der Waals surface area contributed by atoms with E-state index in [2.05, 4.69) is 177 Å². The van der Waals surface area contributed by atoms with Crippen molar-refractivity contribution in [3.8, 4) is 27.9 Å². The molecule has 3 heteroatoms. The van der Waals surface area contributed by atoms with E-state index in [1.807, 2.05) is 12.3 Å². The maximum absolute atomic E-state index is 4.93. The van der Waals surface area contributed by atoms with E-state index in [1.165, 1.54) is 55.4 Å². The molecular weight excluding hydrogens is 607 g/mol. The number of anilines is 3. The Balaban J connectivity index is 1.13. The molecule has 0 aliphatic heterocycles. The molecule has 50 heavy (non-hydrogen) atoms. The van der Waals surface area contributed by atoms with Gasteiger partial charge in [0.15, 0.2) is 0 Å². The summed E-state index contributed by atoms with van der Waals surface area (Å²) < 4.78 is 2.39. The Morgan fingerprint density at radius 3 is 1.76 bits per heavy atom. The fraction of sp³-hybridized carbons (Fsp3) is 0.128. The molecular formula is C47H37N3. The summed E-state index contributed by atoms with van der Waals surface area (Å²) in [4.78, 5) is 7.31. The summed E-state index contributed by atoms with van der Waals surface area (Å²) in [5, 5.41) is 1.19. The summed E-state index contributed by atoms with van der Waals surface area (Å²) in [5.41, 5.74) is 18.5. The lowest BCUT2D eigenvalue weighted by Gasteiger charge is -2.28. The third-order valence-electron chi connectivity index (χ3n) is 11.4. The molecule has 0 unspecified atom stereocenters. The second-order valence-corrected chi connectivity index (χ2v) is 14.9. The summed E-state index contributed by atoms with van der Waals surface area (Å²) in [7, 11) is 0. The van der Waals surface area contributed by atoms with Crippen LogP contribution in [0.4, 0.5) is 17.1 Å². The number of hydrogen-bond donors (Lipinski definition) is 0. The Labute approximate surface area is 293 Å². The maximum Gasteiger partial charge on any atom is 0.0963 e. The second-order valence-electron chi connectivity index (χ2n) is 14.9. The van der Waals surface area contributed by atoms with E-state index in [1.54, 1.807) is 0 Å². The molecule has 0 atom stereocenters. The SMILES string of the molecule is CC1(C)c2ccccc2-c2ccc(N(c3ccccc3)c3ccc(-n4c5cc6c(cc5c5ncccc54)C(C)(C)c4ccccc4-6)cc3)cc21. The van der Waals surface area contributed by atoms with Crippen molar-refractivity contribution in [2.45, 2.75) is 38.5 Å². The summed E-state index contributed by atoms with van der Waals surface area (Å²) in [6.07, 6.45) is 1.91. The summed E-state index contributed by atoms with van der Waals surface area (Å²) >= 11 is 0. The number of rotatable bonds is 4. The number of benzene rings is 6. The fourth-order valence-corrected chi connectivity index (χ4v) is 8.91. The zero-order chi connectivity index (χ0) is 33.8. The van der Waals surface area contributed by atoms with Crippen LogP contribution in [-0.4, -0.2) is 9.55 Å². The quantitative estimate of drug-likeness (QED) is 0.190. The van der Waals surface area contributed by atoms with Crippen LogP contribution in [0.3, 0.4) is 0 Å². The third kappa shape index (κ3) is 3.95. The van der Waals surface area contributed by atoms with Crippen LogP contribution in [0.1, 0.15) is 49.9 Å². The van der Waals surface area contributed by atoms with Gasteiger partial charge in [-0.1, -0.05) is 100 Å². The largest absolute Gasteiger partial charge is 0.310 e. The lowest BCUT2D eigenvalue weighted by atomic mass is 9.82. The van der Waals surface area contributed by atoms with Crippen LogP contribution in [0.15, 0.2) is 152 Å². The first-order chi connectivity index (χ1) is 24.3. The highest BCUT2D eigenvalue weighted by Crippen LogP contribution is 2.52. The molecule has 0 amide bonds. The molecule has 2 aliphatic rings. The van der Waals surface area contributed by atoms with Gasteiger partial charge in [-0.3, -0.25) is 4.98 Å². The van der Waals surface area contributed by atoms with Crippen LogP contribution < -0.4 is 4.90 Å². The molecule has 0 fully saturated rings. The average Bonchev–Trinajstić information content (AvgIpc) is 3.68. The molecule has 2 aliphatic carbocycles. The maximum atomic E-state index is 4.93. The summed E-state index contributed by atoms with van der Waals surface area (Å²) in [6.45, 7) is 9.37. The highest BCUT2D eigenvalue weighted by atomic mass is 15.1. The van der Waals surface area contributed by atoms with Crippen LogP contribution in [0, 0.1) is 0 Å². The lowest BCUT2D eigenvalue weighted by Crippen LogP contribution is -2.16. The van der Waals surface area contributed by atoms with Gasteiger partial charge in [0, 0.05) is 45.2 Å². The van der Waals surface area contributed by atoms with E-state index in [4.69, 9.17) is 4.98 Å². The van der Waals surface area contributed by atoms with E-state index >= 15 is 0 Å². The van der Waals surface area contributed by atoms with Crippen LogP contribution >= 0.6 is 0 Å². The molecule has 0 spiro atoms. The molecule has 0 bridgehead atoms. The first-order valence-corrected chi connectivity index (χ1v) is 17.6. The average molecular weight is 644 g/mol. The van der Waals surface area contributed by atoms with Gasteiger partial charge < -0.3 is 9.47 Å². The van der Waals surface area contributed by atoms with E-state index in [-0.39, 0.29) is 10.8 Å². The lowest BCUT2D eigenvalue weighted by molar-refractivity contribution is 0.660. The zero-order valence-corrected chi connectivity index (χ0v) is 28.8. The second kappa shape index (κ2) is 10.3. The molecule has 2 aromatic heterocycles. The van der Waals surface area contributed by atoms with Crippen molar-refractivity contribution in [1.82, 2.24) is 9.55 Å². The molecule has 3 nitrogen and oxygen atoms in total. The zero-order valence-electron chi connectivity index (χ0n) is 28.8. The van der Waals surface area contributed by atoms with Gasteiger partial charge in [-0.05, 0) is 117 Å². The standard InChI is InChI=1S/C47H37N3/c1-46(2)39-17-10-8-15-34(39)36-25-24-33(27-41(36)46)49(30-13-6-5-7-14-30)31-20-22-32(23-21-31)50-43-19-12-26-48-45(43)38-28-42-37(29-44(38)50)35-16-9-11-18-40(35)47(42,3)4/h5-29H,1-4H3. The van der Waals surface area contributed by atoms with E-state index in [0.717, 1.165) is 33.8 Å². The highest BCUT2D eigenvalue weighted by Gasteiger charge is 2.37. The minimum atomic E-state index is -0.0748. The third-order valence-corrected chi connectivity index (χ3v) is 11.4. The van der Waals surface area contributed by atoms with E-state index < -0.39 is 0 Å². The van der Waals surface area contributed by atoms with Gasteiger partial charge in [0.25, 0.3) is 0 Å². The number of aromatic nitrogens is 2. The Hall–Kier alpha value is -5.93. The summed E-state index contributed by atoms with van der Waals surface area (Å²) in [6, 6.07) is 53.5. The number of nitrogens with zero attached hydrogens (tertiary/aromatic N) is 3. The Morgan fingerprint density at radius 1 is 0.460 bits per heavy atom. The smallest absolute Gasteiger partial charge is 0.0963 e. The predicted octanol–water partition coefficient (Wildman–Crippen LogP) is 12.3. The molecule has 8 aromatic rings. The molecule has 10 rings (SSSR count). The highest BCUT2D eigenvalue weighted by molar-refractivity contribution is 6.09. The van der Waals surface area contributed by atoms with Crippen molar-refractivity contribution in [2.75, 3.05) is 4.90 Å². The monoisotopic (exact) mass is 643 g/mol. The van der Waals surface area contributed by atoms with Crippen LogP contribution in [-0.2, 0) is 10.8 Å².